The van der Waals surface area contributed by atoms with E-state index < -0.39 is 5.82 Å². The zero-order chi connectivity index (χ0) is 23.3. The predicted molar refractivity (Wildman–Crippen MR) is 125 cm³/mol. The maximum absolute atomic E-state index is 15.2. The number of benzene rings is 2. The van der Waals surface area contributed by atoms with Crippen molar-refractivity contribution in [2.45, 2.75) is 13.1 Å². The Morgan fingerprint density at radius 3 is 2.53 bits per heavy atom. The van der Waals surface area contributed by atoms with E-state index in [0.29, 0.717) is 18.9 Å². The Hall–Kier alpha value is -4.67. The number of H-pyrrole nitrogens is 1. The Bertz CT molecular complexity index is 1330. The van der Waals surface area contributed by atoms with E-state index in [-0.39, 0.29) is 11.6 Å². The number of hydrogen-bond acceptors (Lipinski definition) is 8. The maximum Gasteiger partial charge on any atom is 0.207 e. The smallest absolute Gasteiger partial charge is 0.207 e. The molecule has 0 amide bonds. The first kappa shape index (κ1) is 21.2. The lowest BCUT2D eigenvalue weighted by molar-refractivity contribution is 0.610. The van der Waals surface area contributed by atoms with Crippen molar-refractivity contribution in [3.8, 4) is 17.1 Å². The lowest BCUT2D eigenvalue weighted by atomic mass is 10.1. The molecule has 0 fully saturated rings. The molecule has 5 aromatic rings. The number of nitrogens with zero attached hydrogens (tertiary/aromatic N) is 8. The molecule has 11 heteroatoms. The van der Waals surface area contributed by atoms with E-state index in [1.54, 1.807) is 22.8 Å². The lowest BCUT2D eigenvalue weighted by Crippen LogP contribution is -2.20. The highest BCUT2D eigenvalue weighted by Gasteiger charge is 2.15. The summed E-state index contributed by atoms with van der Waals surface area (Å²) in [5.41, 5.74) is 3.81. The van der Waals surface area contributed by atoms with Gasteiger partial charge in [-0.05, 0) is 39.8 Å². The fourth-order valence-corrected chi connectivity index (χ4v) is 3.52. The molecule has 170 valence electrons. The molecule has 0 saturated carbocycles. The molecule has 2 aromatic carbocycles. The number of anilines is 2. The van der Waals surface area contributed by atoms with Gasteiger partial charge in [-0.3, -0.25) is 0 Å². The highest BCUT2D eigenvalue weighted by molar-refractivity contribution is 5.55. The SMILES string of the molecule is CN(Cc1ccc(-n2cccn2)cc1)c1ncnc(NCc2ccc(-c3nnn[nH]3)cc2)c1F. The summed E-state index contributed by atoms with van der Waals surface area (Å²) < 4.78 is 16.9. The second kappa shape index (κ2) is 9.45. The molecule has 3 heterocycles. The summed E-state index contributed by atoms with van der Waals surface area (Å²) in [6.45, 7) is 0.894. The van der Waals surface area contributed by atoms with E-state index >= 15 is 4.39 Å². The minimum Gasteiger partial charge on any atom is -0.363 e. The number of hydrogen-bond donors (Lipinski definition) is 2. The monoisotopic (exact) mass is 456 g/mol. The van der Waals surface area contributed by atoms with Crippen LogP contribution in [0.25, 0.3) is 17.1 Å². The molecule has 0 bridgehead atoms. The van der Waals surface area contributed by atoms with Gasteiger partial charge in [0.05, 0.1) is 5.69 Å². The predicted octanol–water partition coefficient (Wildman–Crippen LogP) is 3.23. The Labute approximate surface area is 194 Å². The summed E-state index contributed by atoms with van der Waals surface area (Å²) in [7, 11) is 1.80. The van der Waals surface area contributed by atoms with Crippen molar-refractivity contribution in [2.24, 2.45) is 0 Å². The van der Waals surface area contributed by atoms with Gasteiger partial charge in [-0.25, -0.2) is 19.7 Å². The molecule has 0 radical (unpaired) electrons. The van der Waals surface area contributed by atoms with Gasteiger partial charge < -0.3 is 10.2 Å². The highest BCUT2D eigenvalue weighted by Crippen LogP contribution is 2.23. The molecular weight excluding hydrogens is 435 g/mol. The van der Waals surface area contributed by atoms with Crippen molar-refractivity contribution in [1.29, 1.82) is 0 Å². The van der Waals surface area contributed by atoms with Gasteiger partial charge in [0.2, 0.25) is 5.82 Å². The van der Waals surface area contributed by atoms with Gasteiger partial charge in [0.1, 0.15) is 6.33 Å². The van der Waals surface area contributed by atoms with Crippen LogP contribution in [0.3, 0.4) is 0 Å². The summed E-state index contributed by atoms with van der Waals surface area (Å²) in [4.78, 5) is 9.98. The van der Waals surface area contributed by atoms with Crippen LogP contribution in [-0.2, 0) is 13.1 Å². The number of halogens is 1. The quantitative estimate of drug-likeness (QED) is 0.366. The number of nitrogens with one attached hydrogen (secondary N) is 2. The van der Waals surface area contributed by atoms with Gasteiger partial charge in [0, 0.05) is 38.1 Å². The normalized spacial score (nSPS) is 10.9. The fraction of sp³-hybridized carbons (Fsp3) is 0.130. The summed E-state index contributed by atoms with van der Waals surface area (Å²) in [6, 6.07) is 17.4. The first-order chi connectivity index (χ1) is 16.7. The third-order valence-electron chi connectivity index (χ3n) is 5.29. The molecule has 34 heavy (non-hydrogen) atoms. The third kappa shape index (κ3) is 4.58. The van der Waals surface area contributed by atoms with E-state index in [0.717, 1.165) is 22.4 Å². The number of aromatic nitrogens is 8. The Balaban J connectivity index is 1.24. The molecular formula is C23H21FN10. The van der Waals surface area contributed by atoms with Crippen LogP contribution in [0.4, 0.5) is 16.0 Å². The van der Waals surface area contributed by atoms with Crippen LogP contribution in [0.5, 0.6) is 0 Å². The molecule has 0 atom stereocenters. The topological polar surface area (TPSA) is 113 Å². The summed E-state index contributed by atoms with van der Waals surface area (Å²) >= 11 is 0. The molecule has 10 nitrogen and oxygen atoms in total. The minimum atomic E-state index is -0.498. The zero-order valence-corrected chi connectivity index (χ0v) is 18.3. The average molecular weight is 456 g/mol. The summed E-state index contributed by atoms with van der Waals surface area (Å²) in [6.07, 6.45) is 4.98. The second-order valence-electron chi connectivity index (χ2n) is 7.63. The molecule has 0 aliphatic carbocycles. The Morgan fingerprint density at radius 1 is 1.03 bits per heavy atom. The Morgan fingerprint density at radius 2 is 1.82 bits per heavy atom. The van der Waals surface area contributed by atoms with Crippen molar-refractivity contribution in [1.82, 2.24) is 40.4 Å². The van der Waals surface area contributed by atoms with Crippen molar-refractivity contribution in [2.75, 3.05) is 17.3 Å². The van der Waals surface area contributed by atoms with Crippen LogP contribution in [0, 0.1) is 5.82 Å². The molecule has 0 saturated heterocycles. The highest BCUT2D eigenvalue weighted by atomic mass is 19.1. The Kier molecular flexibility index (Phi) is 5.89. The van der Waals surface area contributed by atoms with Crippen molar-refractivity contribution >= 4 is 11.6 Å². The number of aromatic amines is 1. The van der Waals surface area contributed by atoms with Gasteiger partial charge in [-0.2, -0.15) is 9.49 Å². The molecule has 3 aromatic heterocycles. The zero-order valence-electron chi connectivity index (χ0n) is 18.3. The van der Waals surface area contributed by atoms with E-state index in [2.05, 4.69) is 41.0 Å². The first-order valence-electron chi connectivity index (χ1n) is 10.5. The van der Waals surface area contributed by atoms with Gasteiger partial charge in [0.25, 0.3) is 0 Å². The fourth-order valence-electron chi connectivity index (χ4n) is 3.52. The van der Waals surface area contributed by atoms with Gasteiger partial charge >= 0.3 is 0 Å². The summed E-state index contributed by atoms with van der Waals surface area (Å²) in [5.74, 6) is 0.462. The van der Waals surface area contributed by atoms with Crippen LogP contribution in [0.15, 0.2) is 73.3 Å². The van der Waals surface area contributed by atoms with E-state index in [9.17, 15) is 0 Å². The van der Waals surface area contributed by atoms with Crippen LogP contribution in [-0.4, -0.2) is 47.4 Å². The largest absolute Gasteiger partial charge is 0.363 e. The number of rotatable bonds is 8. The van der Waals surface area contributed by atoms with E-state index in [1.807, 2.05) is 60.8 Å². The molecule has 0 aliphatic heterocycles. The first-order valence-corrected chi connectivity index (χ1v) is 10.5. The minimum absolute atomic E-state index is 0.148. The lowest BCUT2D eigenvalue weighted by Gasteiger charge is -2.20. The molecule has 2 N–H and O–H groups in total. The van der Waals surface area contributed by atoms with Crippen molar-refractivity contribution < 1.29 is 4.39 Å². The van der Waals surface area contributed by atoms with Gasteiger partial charge in [-0.1, -0.05) is 36.4 Å². The van der Waals surface area contributed by atoms with Crippen molar-refractivity contribution in [3.63, 3.8) is 0 Å². The van der Waals surface area contributed by atoms with Crippen molar-refractivity contribution in [3.05, 3.63) is 90.3 Å². The molecule has 0 spiro atoms. The molecule has 5 rings (SSSR count). The van der Waals surface area contributed by atoms with E-state index in [1.165, 1.54) is 6.33 Å². The maximum atomic E-state index is 15.2. The van der Waals surface area contributed by atoms with Crippen LogP contribution in [0.2, 0.25) is 0 Å². The summed E-state index contributed by atoms with van der Waals surface area (Å²) in [5, 5.41) is 21.0. The van der Waals surface area contributed by atoms with Gasteiger partial charge in [0.15, 0.2) is 17.5 Å². The standard InChI is InChI=1S/C23H21FN10/c1-33(14-17-5-9-19(10-6-17)34-12-2-11-28-34)23-20(24)22(26-15-27-23)25-13-16-3-7-18(8-4-16)21-29-31-32-30-21/h2-12,15H,13-14H2,1H3,(H,25,26,27)(H,29,30,31,32). The average Bonchev–Trinajstić information content (AvgIpc) is 3.59. The molecule has 0 unspecified atom stereocenters. The van der Waals surface area contributed by atoms with Crippen LogP contribution < -0.4 is 10.2 Å². The second-order valence-corrected chi connectivity index (χ2v) is 7.63. The van der Waals surface area contributed by atoms with E-state index in [4.69, 9.17) is 0 Å². The number of tetrazole rings is 1. The molecule has 0 aliphatic rings. The third-order valence-corrected chi connectivity index (χ3v) is 5.29. The van der Waals surface area contributed by atoms with Crippen LogP contribution in [0.1, 0.15) is 11.1 Å². The van der Waals surface area contributed by atoms with Gasteiger partial charge in [-0.15, -0.1) is 5.10 Å². The van der Waals surface area contributed by atoms with Crippen LogP contribution >= 0.6 is 0 Å².